The molecule has 1 aromatic heterocycles. The molecule has 0 aliphatic carbocycles. The van der Waals surface area contributed by atoms with Gasteiger partial charge in [0.1, 0.15) is 18.1 Å². The number of hydrogen-bond acceptors (Lipinski definition) is 4. The van der Waals surface area contributed by atoms with Gasteiger partial charge in [-0.05, 0) is 0 Å². The third-order valence-corrected chi connectivity index (χ3v) is 1.60. The molecule has 0 atom stereocenters. The zero-order valence-corrected chi connectivity index (χ0v) is 7.58. The second kappa shape index (κ2) is 4.33. The van der Waals surface area contributed by atoms with E-state index in [1.165, 1.54) is 0 Å². The van der Waals surface area contributed by atoms with Gasteiger partial charge in [-0.2, -0.15) is 0 Å². The number of aromatic hydroxyl groups is 1. The van der Waals surface area contributed by atoms with Crippen molar-refractivity contribution in [2.45, 2.75) is 13.0 Å². The van der Waals surface area contributed by atoms with Gasteiger partial charge in [0.25, 0.3) is 0 Å². The average Bonchev–Trinajstić information content (AvgIpc) is 2.16. The number of nitrogens with zero attached hydrogens (tertiary/aromatic N) is 1. The third kappa shape index (κ3) is 2.59. The molecular formula is C8H5F4NO3. The minimum Gasteiger partial charge on any atom is -0.506 e. The van der Waals surface area contributed by atoms with Crippen LogP contribution in [0.25, 0.3) is 0 Å². The maximum absolute atomic E-state index is 12.4. The Morgan fingerprint density at radius 2 is 2.12 bits per heavy atom. The number of carbonyl (C=O) groups excluding carboxylic acids is 1. The molecule has 1 N–H and O–H groups in total. The Bertz CT molecular complexity index is 405. The lowest BCUT2D eigenvalue weighted by atomic mass is 10.2. The van der Waals surface area contributed by atoms with Crippen LogP contribution in [0.3, 0.4) is 0 Å². The topological polar surface area (TPSA) is 59.4 Å². The smallest absolute Gasteiger partial charge is 0.506 e. The first-order chi connectivity index (χ1) is 7.39. The largest absolute Gasteiger partial charge is 0.573 e. The van der Waals surface area contributed by atoms with Gasteiger partial charge < -0.3 is 9.84 Å². The summed E-state index contributed by atoms with van der Waals surface area (Å²) in [6.45, 7) is -1.42. The maximum Gasteiger partial charge on any atom is 0.573 e. The highest BCUT2D eigenvalue weighted by molar-refractivity contribution is 5.78. The van der Waals surface area contributed by atoms with Crippen LogP contribution in [-0.4, -0.2) is 22.7 Å². The minimum atomic E-state index is -5.10. The van der Waals surface area contributed by atoms with Crippen LogP contribution in [0.4, 0.5) is 17.6 Å². The van der Waals surface area contributed by atoms with E-state index in [9.17, 15) is 22.4 Å². The van der Waals surface area contributed by atoms with Crippen molar-refractivity contribution in [3.8, 4) is 11.5 Å². The third-order valence-electron chi connectivity index (χ3n) is 1.60. The monoisotopic (exact) mass is 239 g/mol. The number of rotatable bonds is 3. The zero-order valence-electron chi connectivity index (χ0n) is 7.58. The summed E-state index contributed by atoms with van der Waals surface area (Å²) in [4.78, 5) is 13.6. The van der Waals surface area contributed by atoms with Crippen molar-refractivity contribution in [3.63, 3.8) is 0 Å². The molecule has 0 bridgehead atoms. The molecule has 0 aliphatic heterocycles. The van der Waals surface area contributed by atoms with E-state index in [0.29, 0.717) is 6.20 Å². The Kier molecular flexibility index (Phi) is 3.31. The van der Waals surface area contributed by atoms with E-state index in [2.05, 4.69) is 9.72 Å². The van der Waals surface area contributed by atoms with E-state index < -0.39 is 35.8 Å². The summed E-state index contributed by atoms with van der Waals surface area (Å²) in [6, 6.07) is 0. The van der Waals surface area contributed by atoms with Gasteiger partial charge in [-0.15, -0.1) is 13.2 Å². The zero-order chi connectivity index (χ0) is 12.3. The Balaban J connectivity index is 3.31. The summed E-state index contributed by atoms with van der Waals surface area (Å²) >= 11 is 0. The van der Waals surface area contributed by atoms with Crippen molar-refractivity contribution in [1.29, 1.82) is 0 Å². The van der Waals surface area contributed by atoms with Crippen LogP contribution in [-0.2, 0) is 6.67 Å². The Morgan fingerprint density at radius 3 is 2.56 bits per heavy atom. The number of carbonyl (C=O) groups is 1. The lowest BCUT2D eigenvalue weighted by Crippen LogP contribution is -2.19. The quantitative estimate of drug-likeness (QED) is 0.647. The van der Waals surface area contributed by atoms with Crippen molar-refractivity contribution < 1.29 is 32.2 Å². The van der Waals surface area contributed by atoms with Crippen molar-refractivity contribution in [2.75, 3.05) is 0 Å². The summed E-state index contributed by atoms with van der Waals surface area (Å²) in [6.07, 6.45) is -4.46. The number of aldehydes is 1. The highest BCUT2D eigenvalue weighted by Gasteiger charge is 2.34. The first-order valence-corrected chi connectivity index (χ1v) is 3.86. The number of ether oxygens (including phenoxy) is 1. The molecule has 0 radical (unpaired) electrons. The average molecular weight is 239 g/mol. The summed E-state index contributed by atoms with van der Waals surface area (Å²) in [7, 11) is 0. The van der Waals surface area contributed by atoms with Gasteiger partial charge in [0.05, 0.1) is 11.8 Å². The molecule has 0 spiro atoms. The van der Waals surface area contributed by atoms with Gasteiger partial charge in [-0.25, -0.2) is 9.37 Å². The Hall–Kier alpha value is -1.86. The van der Waals surface area contributed by atoms with E-state index in [0.717, 1.165) is 0 Å². The van der Waals surface area contributed by atoms with E-state index in [1.54, 1.807) is 0 Å². The van der Waals surface area contributed by atoms with Crippen molar-refractivity contribution in [1.82, 2.24) is 4.98 Å². The lowest BCUT2D eigenvalue weighted by molar-refractivity contribution is -0.275. The predicted molar refractivity (Wildman–Crippen MR) is 42.8 cm³/mol. The molecule has 1 aromatic rings. The first kappa shape index (κ1) is 12.2. The second-order valence-electron chi connectivity index (χ2n) is 2.64. The highest BCUT2D eigenvalue weighted by Crippen LogP contribution is 2.33. The van der Waals surface area contributed by atoms with Crippen molar-refractivity contribution >= 4 is 6.29 Å². The number of aromatic nitrogens is 1. The molecule has 0 amide bonds. The predicted octanol–water partition coefficient (Wildman–Crippen LogP) is 1.97. The van der Waals surface area contributed by atoms with Gasteiger partial charge in [0.2, 0.25) is 0 Å². The summed E-state index contributed by atoms with van der Waals surface area (Å²) < 4.78 is 51.6. The normalized spacial score (nSPS) is 11.2. The fraction of sp³-hybridized carbons (Fsp3) is 0.250. The molecule has 0 unspecified atom stereocenters. The number of hydrogen-bond donors (Lipinski definition) is 1. The fourth-order valence-electron chi connectivity index (χ4n) is 0.981. The van der Waals surface area contributed by atoms with Crippen molar-refractivity contribution in [2.24, 2.45) is 0 Å². The minimum absolute atomic E-state index is 0.0281. The van der Waals surface area contributed by atoms with Crippen LogP contribution in [0, 0.1) is 0 Å². The van der Waals surface area contributed by atoms with Gasteiger partial charge in [0, 0.05) is 0 Å². The summed E-state index contributed by atoms with van der Waals surface area (Å²) in [5.74, 6) is -1.93. The molecule has 0 aromatic carbocycles. The van der Waals surface area contributed by atoms with Crippen molar-refractivity contribution in [3.05, 3.63) is 17.5 Å². The SMILES string of the molecule is O=Cc1ncc(O)c(CF)c1OC(F)(F)F. The van der Waals surface area contributed by atoms with Crippen LogP contribution in [0.15, 0.2) is 6.20 Å². The first-order valence-electron chi connectivity index (χ1n) is 3.86. The standard InChI is InChI=1S/C8H5F4NO3/c9-1-4-6(15)2-13-5(3-14)7(4)16-8(10,11)12/h2-3,15H,1H2. The fourth-order valence-corrected chi connectivity index (χ4v) is 0.981. The maximum atomic E-state index is 12.4. The Morgan fingerprint density at radius 1 is 1.50 bits per heavy atom. The van der Waals surface area contributed by atoms with Gasteiger partial charge >= 0.3 is 6.36 Å². The number of halogens is 4. The van der Waals surface area contributed by atoms with Gasteiger partial charge in [-0.3, -0.25) is 4.79 Å². The van der Waals surface area contributed by atoms with Crippen LogP contribution < -0.4 is 4.74 Å². The summed E-state index contributed by atoms with van der Waals surface area (Å²) in [5, 5.41) is 9.04. The molecular weight excluding hydrogens is 234 g/mol. The molecule has 1 heterocycles. The highest BCUT2D eigenvalue weighted by atomic mass is 19.4. The molecule has 0 saturated carbocycles. The van der Waals surface area contributed by atoms with Crippen LogP contribution in [0.1, 0.15) is 16.1 Å². The number of pyridine rings is 1. The molecule has 0 aliphatic rings. The van der Waals surface area contributed by atoms with Gasteiger partial charge in [0.15, 0.2) is 12.0 Å². The van der Waals surface area contributed by atoms with E-state index in [4.69, 9.17) is 5.11 Å². The molecule has 0 fully saturated rings. The van der Waals surface area contributed by atoms with E-state index in [1.807, 2.05) is 0 Å². The molecule has 16 heavy (non-hydrogen) atoms. The second-order valence-corrected chi connectivity index (χ2v) is 2.64. The number of alkyl halides is 4. The van der Waals surface area contributed by atoms with Crippen LogP contribution >= 0.6 is 0 Å². The molecule has 8 heteroatoms. The molecule has 88 valence electrons. The van der Waals surface area contributed by atoms with E-state index >= 15 is 0 Å². The molecule has 4 nitrogen and oxygen atoms in total. The van der Waals surface area contributed by atoms with Gasteiger partial charge in [-0.1, -0.05) is 0 Å². The molecule has 0 saturated heterocycles. The van der Waals surface area contributed by atoms with Crippen LogP contribution in [0.5, 0.6) is 11.5 Å². The Labute approximate surface area is 86.5 Å². The van der Waals surface area contributed by atoms with Crippen LogP contribution in [0.2, 0.25) is 0 Å². The van der Waals surface area contributed by atoms with E-state index in [-0.39, 0.29) is 6.29 Å². The molecule has 1 rings (SSSR count). The lowest BCUT2D eigenvalue weighted by Gasteiger charge is -2.13. The summed E-state index contributed by atoms with van der Waals surface area (Å²) in [5.41, 5.74) is -1.50.